The number of aryl methyl sites for hydroxylation is 1. The zero-order valence-corrected chi connectivity index (χ0v) is 19.6. The Bertz CT molecular complexity index is 1050. The highest BCUT2D eigenvalue weighted by Crippen LogP contribution is 2.51. The molecule has 4 rings (SSSR count). The Morgan fingerprint density at radius 1 is 1.23 bits per heavy atom. The SMILES string of the molecule is C=C1c2c(c3n(c2-c2cccc(C)c2)CCCC3/C(=N/CC)SC)N(C)C(=C)N1C. The number of thioether (sulfide) groups is 1. The van der Waals surface area contributed by atoms with Crippen molar-refractivity contribution < 1.29 is 0 Å². The summed E-state index contributed by atoms with van der Waals surface area (Å²) in [7, 11) is 4.19. The summed E-state index contributed by atoms with van der Waals surface area (Å²) < 4.78 is 2.54. The van der Waals surface area contributed by atoms with Crippen LogP contribution in [0.2, 0.25) is 0 Å². The maximum Gasteiger partial charge on any atom is 0.105 e. The summed E-state index contributed by atoms with van der Waals surface area (Å²) in [5.74, 6) is 1.27. The first-order valence-electron chi connectivity index (χ1n) is 10.7. The van der Waals surface area contributed by atoms with E-state index >= 15 is 0 Å². The van der Waals surface area contributed by atoms with Gasteiger partial charge < -0.3 is 14.4 Å². The summed E-state index contributed by atoms with van der Waals surface area (Å²) in [5.41, 5.74) is 8.68. The van der Waals surface area contributed by atoms with Crippen molar-refractivity contribution in [2.45, 2.75) is 39.2 Å². The number of anilines is 1. The summed E-state index contributed by atoms with van der Waals surface area (Å²) in [5, 5.41) is 1.23. The summed E-state index contributed by atoms with van der Waals surface area (Å²) >= 11 is 1.79. The first-order valence-corrected chi connectivity index (χ1v) is 11.9. The van der Waals surface area contributed by atoms with E-state index in [-0.39, 0.29) is 0 Å². The zero-order chi connectivity index (χ0) is 21.6. The van der Waals surface area contributed by atoms with Crippen molar-refractivity contribution in [2.24, 2.45) is 4.99 Å². The van der Waals surface area contributed by atoms with E-state index in [1.165, 1.54) is 38.8 Å². The molecule has 3 heterocycles. The molecule has 1 aromatic carbocycles. The smallest absolute Gasteiger partial charge is 0.105 e. The molecule has 0 amide bonds. The first-order chi connectivity index (χ1) is 14.4. The topological polar surface area (TPSA) is 23.8 Å². The van der Waals surface area contributed by atoms with Crippen LogP contribution in [0.5, 0.6) is 0 Å². The molecule has 0 saturated heterocycles. The number of aliphatic imine (C=N–C) groups is 1. The Morgan fingerprint density at radius 3 is 2.67 bits per heavy atom. The van der Waals surface area contributed by atoms with Gasteiger partial charge in [-0.05, 0) is 44.6 Å². The van der Waals surface area contributed by atoms with Gasteiger partial charge in [-0.2, -0.15) is 0 Å². The molecule has 158 valence electrons. The fourth-order valence-corrected chi connectivity index (χ4v) is 5.67. The van der Waals surface area contributed by atoms with Gasteiger partial charge in [-0.25, -0.2) is 0 Å². The lowest BCUT2D eigenvalue weighted by atomic mass is 9.94. The largest absolute Gasteiger partial charge is 0.341 e. The van der Waals surface area contributed by atoms with Gasteiger partial charge in [0.05, 0.1) is 22.1 Å². The summed E-state index contributed by atoms with van der Waals surface area (Å²) in [6, 6.07) is 8.83. The molecule has 0 aliphatic carbocycles. The average Bonchev–Trinajstić information content (AvgIpc) is 3.10. The molecule has 0 fully saturated rings. The molecule has 0 N–H and O–H groups in total. The Hall–Kier alpha value is -2.40. The molecule has 2 aliphatic rings. The van der Waals surface area contributed by atoms with Gasteiger partial charge in [-0.15, -0.1) is 11.8 Å². The third-order valence-corrected chi connectivity index (χ3v) is 7.23. The fourth-order valence-electron chi connectivity index (χ4n) is 4.90. The molecule has 0 saturated carbocycles. The van der Waals surface area contributed by atoms with Crippen LogP contribution in [0.4, 0.5) is 5.69 Å². The lowest BCUT2D eigenvalue weighted by molar-refractivity contribution is 0.516. The zero-order valence-electron chi connectivity index (χ0n) is 18.8. The van der Waals surface area contributed by atoms with Crippen LogP contribution in [0.3, 0.4) is 0 Å². The molecule has 1 unspecified atom stereocenters. The molecular formula is C25H32N4S. The van der Waals surface area contributed by atoms with Crippen molar-refractivity contribution in [1.29, 1.82) is 0 Å². The number of fused-ring (bicyclic) bond motifs is 3. The maximum absolute atomic E-state index is 4.88. The second-order valence-corrected chi connectivity index (χ2v) is 9.00. The van der Waals surface area contributed by atoms with Crippen molar-refractivity contribution in [1.82, 2.24) is 9.47 Å². The number of rotatable bonds is 3. The van der Waals surface area contributed by atoms with E-state index in [0.29, 0.717) is 5.92 Å². The van der Waals surface area contributed by atoms with E-state index < -0.39 is 0 Å². The number of benzene rings is 1. The Labute approximate surface area is 185 Å². The normalized spacial score (nSPS) is 19.2. The molecule has 0 spiro atoms. The quantitative estimate of drug-likeness (QED) is 0.453. The van der Waals surface area contributed by atoms with E-state index in [1.54, 1.807) is 11.8 Å². The minimum atomic E-state index is 0.312. The van der Waals surface area contributed by atoms with Crippen LogP contribution in [0.1, 0.15) is 42.5 Å². The van der Waals surface area contributed by atoms with Gasteiger partial charge in [0.1, 0.15) is 5.82 Å². The highest BCUT2D eigenvalue weighted by atomic mass is 32.2. The monoisotopic (exact) mass is 420 g/mol. The average molecular weight is 421 g/mol. The van der Waals surface area contributed by atoms with Gasteiger partial charge in [0.2, 0.25) is 0 Å². The van der Waals surface area contributed by atoms with Crippen molar-refractivity contribution in [3.05, 3.63) is 60.1 Å². The maximum atomic E-state index is 4.88. The molecule has 4 nitrogen and oxygen atoms in total. The van der Waals surface area contributed by atoms with E-state index in [0.717, 1.165) is 37.4 Å². The molecule has 1 atom stereocenters. The Balaban J connectivity index is 2.07. The Morgan fingerprint density at radius 2 is 2.00 bits per heavy atom. The highest BCUT2D eigenvalue weighted by Gasteiger charge is 2.39. The molecule has 0 bridgehead atoms. The van der Waals surface area contributed by atoms with Crippen LogP contribution in [0, 0.1) is 6.92 Å². The lowest BCUT2D eigenvalue weighted by Crippen LogP contribution is -2.34. The third kappa shape index (κ3) is 3.11. The first kappa shape index (κ1) is 20.9. The second-order valence-electron chi connectivity index (χ2n) is 8.17. The van der Waals surface area contributed by atoms with Crippen LogP contribution in [-0.2, 0) is 6.54 Å². The van der Waals surface area contributed by atoms with Crippen molar-refractivity contribution in [2.75, 3.05) is 31.8 Å². The fraction of sp³-hybridized carbons (Fsp3) is 0.400. The predicted octanol–water partition coefficient (Wildman–Crippen LogP) is 5.95. The van der Waals surface area contributed by atoms with Crippen molar-refractivity contribution in [3.63, 3.8) is 0 Å². The molecule has 0 radical (unpaired) electrons. The molecule has 2 aliphatic heterocycles. The standard InChI is InChI=1S/C25H32N4S/c1-8-26-25(30-7)20-13-10-14-29-22(19-12-9-11-16(2)15-19)21-17(3)27(5)18(4)28(6)24(21)23(20)29/h9,11-12,15,20H,3-4,8,10,13-14H2,1-2,5-7H3/b26-25-. The minimum Gasteiger partial charge on any atom is -0.341 e. The molecular weight excluding hydrogens is 388 g/mol. The summed E-state index contributed by atoms with van der Waals surface area (Å²) in [4.78, 5) is 9.24. The number of aromatic nitrogens is 1. The van der Waals surface area contributed by atoms with Crippen LogP contribution in [-0.4, -0.2) is 41.4 Å². The van der Waals surface area contributed by atoms with Gasteiger partial charge in [-0.1, -0.05) is 36.9 Å². The van der Waals surface area contributed by atoms with Crippen LogP contribution >= 0.6 is 11.8 Å². The van der Waals surface area contributed by atoms with Crippen molar-refractivity contribution >= 4 is 28.2 Å². The number of nitrogens with zero attached hydrogens (tertiary/aromatic N) is 4. The lowest BCUT2D eigenvalue weighted by Gasteiger charge is -2.38. The van der Waals surface area contributed by atoms with Gasteiger partial charge in [-0.3, -0.25) is 4.99 Å². The second kappa shape index (κ2) is 8.03. The van der Waals surface area contributed by atoms with Gasteiger partial charge in [0, 0.05) is 44.4 Å². The minimum absolute atomic E-state index is 0.312. The van der Waals surface area contributed by atoms with Crippen LogP contribution in [0.25, 0.3) is 17.0 Å². The molecule has 30 heavy (non-hydrogen) atoms. The van der Waals surface area contributed by atoms with Gasteiger partial charge in [0.25, 0.3) is 0 Å². The number of hydrogen-bond donors (Lipinski definition) is 0. The van der Waals surface area contributed by atoms with Gasteiger partial charge in [0.15, 0.2) is 0 Å². The van der Waals surface area contributed by atoms with E-state index in [4.69, 9.17) is 4.99 Å². The highest BCUT2D eigenvalue weighted by molar-refractivity contribution is 8.13. The molecule has 5 heteroatoms. The molecule has 1 aromatic heterocycles. The molecule has 2 aromatic rings. The van der Waals surface area contributed by atoms with E-state index in [9.17, 15) is 0 Å². The van der Waals surface area contributed by atoms with Gasteiger partial charge >= 0.3 is 0 Å². The summed E-state index contributed by atoms with van der Waals surface area (Å²) in [6.45, 7) is 15.0. The van der Waals surface area contributed by atoms with E-state index in [1.807, 2.05) is 0 Å². The number of hydrogen-bond acceptors (Lipinski definition) is 4. The van der Waals surface area contributed by atoms with Crippen LogP contribution in [0.15, 0.2) is 48.2 Å². The predicted molar refractivity (Wildman–Crippen MR) is 132 cm³/mol. The Kier molecular flexibility index (Phi) is 5.58. The third-order valence-electron chi connectivity index (χ3n) is 6.40. The summed E-state index contributed by atoms with van der Waals surface area (Å²) in [6.07, 6.45) is 4.44. The van der Waals surface area contributed by atoms with E-state index in [2.05, 4.69) is 86.0 Å². The van der Waals surface area contributed by atoms with Crippen molar-refractivity contribution in [3.8, 4) is 11.3 Å². The van der Waals surface area contributed by atoms with Crippen LogP contribution < -0.4 is 4.90 Å².